The number of nitrogens with one attached hydrogen (secondary N) is 1. The Kier molecular flexibility index (Phi) is 4.90. The van der Waals surface area contributed by atoms with Crippen LogP contribution in [0.3, 0.4) is 0 Å². The lowest BCUT2D eigenvalue weighted by molar-refractivity contribution is -0.384. The Morgan fingerprint density at radius 3 is 2.64 bits per heavy atom. The fourth-order valence-electron chi connectivity index (χ4n) is 2.66. The number of nitrogens with zero attached hydrogens (tertiary/aromatic N) is 5. The van der Waals surface area contributed by atoms with Crippen LogP contribution >= 0.6 is 0 Å². The second-order valence-electron chi connectivity index (χ2n) is 5.94. The summed E-state index contributed by atoms with van der Waals surface area (Å²) in [6.07, 6.45) is 5.81. The number of hydrogen-bond donors (Lipinski definition) is 1. The summed E-state index contributed by atoms with van der Waals surface area (Å²) in [5, 5.41) is 22.9. The minimum absolute atomic E-state index is 0.0777. The van der Waals surface area contributed by atoms with Crippen molar-refractivity contribution in [3.8, 4) is 11.3 Å². The summed E-state index contributed by atoms with van der Waals surface area (Å²) in [5.74, 6) is 0. The molecule has 3 aromatic rings. The molecule has 8 nitrogen and oxygen atoms in total. The van der Waals surface area contributed by atoms with Crippen LogP contribution in [0.1, 0.15) is 11.1 Å². The number of nitro benzene ring substituents is 1. The monoisotopic (exact) mass is 340 g/mol. The van der Waals surface area contributed by atoms with Crippen molar-refractivity contribution in [2.45, 2.75) is 20.0 Å². The predicted molar refractivity (Wildman–Crippen MR) is 94.0 cm³/mol. The summed E-state index contributed by atoms with van der Waals surface area (Å²) >= 11 is 0. The average molecular weight is 340 g/mol. The van der Waals surface area contributed by atoms with Crippen LogP contribution in [0, 0.1) is 17.0 Å². The van der Waals surface area contributed by atoms with Gasteiger partial charge in [-0.2, -0.15) is 10.2 Å². The predicted octanol–water partition coefficient (Wildman–Crippen LogP) is 2.29. The van der Waals surface area contributed by atoms with E-state index in [0.717, 1.165) is 35.5 Å². The van der Waals surface area contributed by atoms with Gasteiger partial charge in [-0.1, -0.05) is 0 Å². The summed E-state index contributed by atoms with van der Waals surface area (Å²) in [6, 6.07) is 6.47. The molecule has 3 rings (SSSR count). The fourth-order valence-corrected chi connectivity index (χ4v) is 2.66. The van der Waals surface area contributed by atoms with Crippen molar-refractivity contribution in [1.29, 1.82) is 0 Å². The Balaban J connectivity index is 1.65. The number of non-ortho nitro benzene ring substituents is 1. The van der Waals surface area contributed by atoms with E-state index in [0.29, 0.717) is 6.54 Å². The van der Waals surface area contributed by atoms with Crippen LogP contribution in [0.4, 0.5) is 5.69 Å². The van der Waals surface area contributed by atoms with E-state index in [-0.39, 0.29) is 5.69 Å². The summed E-state index contributed by atoms with van der Waals surface area (Å²) in [4.78, 5) is 10.4. The normalized spacial score (nSPS) is 11.0. The Bertz CT molecular complexity index is 866. The number of aromatic nitrogens is 4. The van der Waals surface area contributed by atoms with Gasteiger partial charge in [-0.25, -0.2) is 0 Å². The molecule has 25 heavy (non-hydrogen) atoms. The lowest BCUT2D eigenvalue weighted by Crippen LogP contribution is -2.19. The molecule has 130 valence electrons. The molecule has 0 aliphatic heterocycles. The molecule has 0 fully saturated rings. The summed E-state index contributed by atoms with van der Waals surface area (Å²) < 4.78 is 3.66. The van der Waals surface area contributed by atoms with Crippen LogP contribution in [0.25, 0.3) is 11.3 Å². The molecule has 0 saturated heterocycles. The van der Waals surface area contributed by atoms with Gasteiger partial charge in [-0.05, 0) is 24.6 Å². The van der Waals surface area contributed by atoms with Crippen molar-refractivity contribution < 1.29 is 4.92 Å². The summed E-state index contributed by atoms with van der Waals surface area (Å²) in [5.41, 5.74) is 3.97. The quantitative estimate of drug-likeness (QED) is 0.405. The molecule has 2 heterocycles. The van der Waals surface area contributed by atoms with Crippen LogP contribution in [0.2, 0.25) is 0 Å². The Hall–Kier alpha value is -3.00. The van der Waals surface area contributed by atoms with E-state index in [9.17, 15) is 10.1 Å². The largest absolute Gasteiger partial charge is 0.311 e. The molecule has 0 bridgehead atoms. The summed E-state index contributed by atoms with van der Waals surface area (Å²) in [6.45, 7) is 4.26. The highest BCUT2D eigenvalue weighted by Gasteiger charge is 2.12. The molecule has 0 unspecified atom stereocenters. The minimum Gasteiger partial charge on any atom is -0.311 e. The van der Waals surface area contributed by atoms with Crippen LogP contribution in [-0.4, -0.2) is 31.0 Å². The summed E-state index contributed by atoms with van der Waals surface area (Å²) in [7, 11) is 1.87. The van der Waals surface area contributed by atoms with E-state index in [2.05, 4.69) is 15.5 Å². The first-order valence-corrected chi connectivity index (χ1v) is 8.00. The number of rotatable bonds is 7. The minimum atomic E-state index is -0.401. The first kappa shape index (κ1) is 16.8. The van der Waals surface area contributed by atoms with Crippen molar-refractivity contribution in [3.05, 3.63) is 64.1 Å². The third-order valence-electron chi connectivity index (χ3n) is 3.85. The smallest absolute Gasteiger partial charge is 0.269 e. The average Bonchev–Trinajstić information content (AvgIpc) is 3.17. The Morgan fingerprint density at radius 2 is 2.00 bits per heavy atom. The fraction of sp³-hybridized carbons (Fsp3) is 0.294. The molecular formula is C17H20N6O2. The molecule has 0 amide bonds. The van der Waals surface area contributed by atoms with Gasteiger partial charge in [-0.15, -0.1) is 0 Å². The van der Waals surface area contributed by atoms with Gasteiger partial charge in [0.2, 0.25) is 0 Å². The second-order valence-corrected chi connectivity index (χ2v) is 5.94. The molecule has 8 heteroatoms. The van der Waals surface area contributed by atoms with E-state index >= 15 is 0 Å². The molecule has 0 aliphatic carbocycles. The van der Waals surface area contributed by atoms with Crippen LogP contribution in [-0.2, 0) is 20.1 Å². The lowest BCUT2D eigenvalue weighted by atomic mass is 10.1. The maximum absolute atomic E-state index is 10.8. The van der Waals surface area contributed by atoms with Crippen molar-refractivity contribution in [2.24, 2.45) is 7.05 Å². The van der Waals surface area contributed by atoms with Crippen molar-refractivity contribution in [3.63, 3.8) is 0 Å². The van der Waals surface area contributed by atoms with E-state index in [1.165, 1.54) is 12.1 Å². The van der Waals surface area contributed by atoms with Gasteiger partial charge in [0.05, 0.1) is 23.4 Å². The first-order valence-electron chi connectivity index (χ1n) is 8.00. The molecule has 0 saturated carbocycles. The van der Waals surface area contributed by atoms with Crippen LogP contribution in [0.5, 0.6) is 0 Å². The highest BCUT2D eigenvalue weighted by atomic mass is 16.6. The zero-order valence-electron chi connectivity index (χ0n) is 14.2. The zero-order valence-corrected chi connectivity index (χ0v) is 14.2. The van der Waals surface area contributed by atoms with Gasteiger partial charge in [0.1, 0.15) is 0 Å². The van der Waals surface area contributed by atoms with Gasteiger partial charge in [0.15, 0.2) is 0 Å². The molecule has 0 atom stereocenters. The highest BCUT2D eigenvalue weighted by molar-refractivity contribution is 5.64. The zero-order chi connectivity index (χ0) is 17.8. The Labute approximate surface area is 145 Å². The molecule has 1 N–H and O–H groups in total. The lowest BCUT2D eigenvalue weighted by Gasteiger charge is -2.06. The Morgan fingerprint density at radius 1 is 1.24 bits per heavy atom. The van der Waals surface area contributed by atoms with Crippen LogP contribution < -0.4 is 5.32 Å². The third-order valence-corrected chi connectivity index (χ3v) is 3.85. The van der Waals surface area contributed by atoms with E-state index in [4.69, 9.17) is 0 Å². The molecule has 0 spiro atoms. The van der Waals surface area contributed by atoms with Crippen molar-refractivity contribution >= 4 is 5.69 Å². The maximum atomic E-state index is 10.8. The van der Waals surface area contributed by atoms with Crippen LogP contribution in [0.15, 0.2) is 42.9 Å². The molecule has 1 aromatic carbocycles. The van der Waals surface area contributed by atoms with Gasteiger partial charge in [0, 0.05) is 55.8 Å². The van der Waals surface area contributed by atoms with E-state index in [1.54, 1.807) is 16.8 Å². The number of aryl methyl sites for hydroxylation is 2. The first-order chi connectivity index (χ1) is 12.0. The highest BCUT2D eigenvalue weighted by Crippen LogP contribution is 2.24. The number of benzene rings is 1. The standard InChI is InChI=1S/C17H20N6O2/c1-13-9-19-22(11-13)8-7-18-10-15-12-21(2)20-17(15)14-3-5-16(6-4-14)23(24)25/h3-6,9,11-12,18H,7-8,10H2,1-2H3. The van der Waals surface area contributed by atoms with Crippen molar-refractivity contribution in [2.75, 3.05) is 6.54 Å². The molecule has 2 aromatic heterocycles. The maximum Gasteiger partial charge on any atom is 0.269 e. The van der Waals surface area contributed by atoms with Gasteiger partial charge < -0.3 is 5.32 Å². The van der Waals surface area contributed by atoms with Gasteiger partial charge in [-0.3, -0.25) is 19.5 Å². The molecule has 0 radical (unpaired) electrons. The SMILES string of the molecule is Cc1cnn(CCNCc2cn(C)nc2-c2ccc([N+](=O)[O-])cc2)c1. The van der Waals surface area contributed by atoms with Gasteiger partial charge in [0.25, 0.3) is 5.69 Å². The molecular weight excluding hydrogens is 320 g/mol. The van der Waals surface area contributed by atoms with E-state index < -0.39 is 4.92 Å². The number of nitro groups is 1. The van der Waals surface area contributed by atoms with Gasteiger partial charge >= 0.3 is 0 Å². The van der Waals surface area contributed by atoms with E-state index in [1.807, 2.05) is 37.2 Å². The third kappa shape index (κ3) is 4.10. The van der Waals surface area contributed by atoms with Crippen molar-refractivity contribution in [1.82, 2.24) is 24.9 Å². The number of hydrogen-bond acceptors (Lipinski definition) is 5. The second kappa shape index (κ2) is 7.27. The molecule has 0 aliphatic rings. The topological polar surface area (TPSA) is 90.8 Å².